The van der Waals surface area contributed by atoms with Gasteiger partial charge in [0.05, 0.1) is 9.13 Å². The Kier molecular flexibility index (Phi) is 2.97. The van der Waals surface area contributed by atoms with E-state index in [0.29, 0.717) is 10.8 Å². The fourth-order valence-electron chi connectivity index (χ4n) is 1.53. The lowest BCUT2D eigenvalue weighted by Crippen LogP contribution is -1.99. The van der Waals surface area contributed by atoms with E-state index in [1.165, 1.54) is 24.3 Å². The van der Waals surface area contributed by atoms with Crippen LogP contribution in [0.15, 0.2) is 24.3 Å². The van der Waals surface area contributed by atoms with Crippen molar-refractivity contribution >= 4 is 37.9 Å². The highest BCUT2D eigenvalue weighted by Gasteiger charge is 2.13. The quantitative estimate of drug-likeness (QED) is 0.574. The molecule has 0 amide bonds. The summed E-state index contributed by atoms with van der Waals surface area (Å²) in [6.45, 7) is 0. The van der Waals surface area contributed by atoms with Gasteiger partial charge in [0.1, 0.15) is 0 Å². The van der Waals surface area contributed by atoms with Crippen molar-refractivity contribution in [1.82, 2.24) is 0 Å². The molecule has 0 aliphatic heterocycles. The van der Waals surface area contributed by atoms with E-state index in [9.17, 15) is 18.1 Å². The van der Waals surface area contributed by atoms with Crippen molar-refractivity contribution in [1.29, 1.82) is 0 Å². The van der Waals surface area contributed by atoms with E-state index >= 15 is 0 Å². The van der Waals surface area contributed by atoms with Crippen molar-refractivity contribution < 1.29 is 23.2 Å². The number of aromatic hydroxyl groups is 2. The van der Waals surface area contributed by atoms with Crippen molar-refractivity contribution in [3.63, 3.8) is 0 Å². The van der Waals surface area contributed by atoms with Gasteiger partial charge < -0.3 is 15.3 Å². The normalized spacial score (nSPS) is 10.6. The average molecular weight is 346 g/mol. The fourth-order valence-corrected chi connectivity index (χ4v) is 2.61. The van der Waals surface area contributed by atoms with E-state index in [-0.39, 0.29) is 20.6 Å². The molecule has 2 aromatic carbocycles. The zero-order valence-electron chi connectivity index (χ0n) is 8.35. The summed E-state index contributed by atoms with van der Waals surface area (Å²) >= 11 is -1.61. The number of fused-ring (bicyclic) bond motifs is 1. The zero-order chi connectivity index (χ0) is 12.6. The molecular formula is C11H7IO5. The van der Waals surface area contributed by atoms with Gasteiger partial charge in [-0.2, -0.15) is 0 Å². The van der Waals surface area contributed by atoms with E-state index in [1.54, 1.807) is 0 Å². The molecule has 2 rings (SSSR count). The maximum atomic E-state index is 11.0. The molecule has 0 bridgehead atoms. The lowest BCUT2D eigenvalue weighted by molar-refractivity contribution is 0.0696. The number of rotatable bonds is 2. The van der Waals surface area contributed by atoms with Crippen molar-refractivity contribution in [2.75, 3.05) is 0 Å². The van der Waals surface area contributed by atoms with E-state index in [2.05, 4.69) is 0 Å². The molecule has 0 radical (unpaired) electrons. The third-order valence-electron chi connectivity index (χ3n) is 2.33. The third kappa shape index (κ3) is 2.07. The van der Waals surface area contributed by atoms with E-state index in [4.69, 9.17) is 5.11 Å². The highest BCUT2D eigenvalue weighted by atomic mass is 127. The van der Waals surface area contributed by atoms with E-state index < -0.39 is 27.2 Å². The van der Waals surface area contributed by atoms with Crippen LogP contribution < -0.4 is 0 Å². The molecular weight excluding hydrogens is 339 g/mol. The average Bonchev–Trinajstić information content (AvgIpc) is 2.29. The van der Waals surface area contributed by atoms with Crippen molar-refractivity contribution in [2.24, 2.45) is 0 Å². The van der Waals surface area contributed by atoms with Crippen LogP contribution in [0.3, 0.4) is 0 Å². The Bertz CT molecular complexity index is 635. The first-order valence-corrected chi connectivity index (χ1v) is 6.49. The molecule has 0 fully saturated rings. The molecule has 0 aliphatic carbocycles. The second kappa shape index (κ2) is 4.28. The summed E-state index contributed by atoms with van der Waals surface area (Å²) in [4.78, 5) is 10.9. The number of hydrogen-bond donors (Lipinski definition) is 3. The van der Waals surface area contributed by atoms with Crippen LogP contribution in [0.4, 0.5) is 0 Å². The Morgan fingerprint density at radius 3 is 2.00 bits per heavy atom. The predicted molar refractivity (Wildman–Crippen MR) is 67.6 cm³/mol. The second-order valence-electron chi connectivity index (χ2n) is 3.40. The van der Waals surface area contributed by atoms with Crippen molar-refractivity contribution in [3.05, 3.63) is 33.4 Å². The van der Waals surface area contributed by atoms with Gasteiger partial charge in [0.25, 0.3) is 0 Å². The number of phenols is 2. The highest BCUT2D eigenvalue weighted by molar-refractivity contribution is 14.1. The minimum atomic E-state index is -1.61. The molecule has 2 aromatic rings. The van der Waals surface area contributed by atoms with Crippen LogP contribution in [-0.4, -0.2) is 21.3 Å². The predicted octanol–water partition coefficient (Wildman–Crippen LogP) is 2.44. The summed E-state index contributed by atoms with van der Waals surface area (Å²) in [7, 11) is 0. The summed E-state index contributed by atoms with van der Waals surface area (Å²) in [6, 6.07) is 5.37. The van der Waals surface area contributed by atoms with Crippen LogP contribution in [0.1, 0.15) is 10.4 Å². The van der Waals surface area contributed by atoms with Gasteiger partial charge in [-0.25, -0.2) is 4.79 Å². The summed E-state index contributed by atoms with van der Waals surface area (Å²) in [6.07, 6.45) is 0. The summed E-state index contributed by atoms with van der Waals surface area (Å²) in [5.74, 6) is -1.78. The first-order valence-electron chi connectivity index (χ1n) is 4.53. The first kappa shape index (κ1) is 11.8. The lowest BCUT2D eigenvalue weighted by Gasteiger charge is -2.05. The van der Waals surface area contributed by atoms with Gasteiger partial charge in [-0.1, -0.05) is 0 Å². The van der Waals surface area contributed by atoms with Gasteiger partial charge in [0.2, 0.25) is 0 Å². The molecule has 88 valence electrons. The van der Waals surface area contributed by atoms with Crippen LogP contribution in [0.5, 0.6) is 11.5 Å². The van der Waals surface area contributed by atoms with Gasteiger partial charge in [-0.3, -0.25) is 3.07 Å². The minimum Gasteiger partial charge on any atom is -0.504 e. The Labute approximate surface area is 106 Å². The molecule has 0 saturated heterocycles. The van der Waals surface area contributed by atoms with Crippen LogP contribution in [0.25, 0.3) is 10.8 Å². The molecule has 0 aliphatic rings. The van der Waals surface area contributed by atoms with Crippen molar-refractivity contribution in [2.45, 2.75) is 0 Å². The molecule has 3 N–H and O–H groups in total. The largest absolute Gasteiger partial charge is 0.504 e. The maximum Gasteiger partial charge on any atom is 0.336 e. The number of benzene rings is 2. The van der Waals surface area contributed by atoms with Crippen LogP contribution >= 0.6 is 21.2 Å². The Morgan fingerprint density at radius 1 is 1.00 bits per heavy atom. The van der Waals surface area contributed by atoms with Crippen LogP contribution in [0, 0.1) is 3.57 Å². The highest BCUT2D eigenvalue weighted by Crippen LogP contribution is 2.32. The van der Waals surface area contributed by atoms with Crippen LogP contribution in [-0.2, 0) is 3.07 Å². The summed E-state index contributed by atoms with van der Waals surface area (Å²) < 4.78 is 11.2. The monoisotopic (exact) mass is 346 g/mol. The van der Waals surface area contributed by atoms with Gasteiger partial charge in [-0.05, 0) is 35.0 Å². The molecule has 0 saturated carbocycles. The SMILES string of the molecule is O=Ic1cc2cc(O)c(O)cc2cc1C(=O)O. The van der Waals surface area contributed by atoms with Crippen molar-refractivity contribution in [3.8, 4) is 11.5 Å². The molecule has 0 atom stereocenters. The number of carboxylic acid groups (broad SMARTS) is 1. The summed E-state index contributed by atoms with van der Waals surface area (Å²) in [5.41, 5.74) is -0.0367. The molecule has 0 aromatic heterocycles. The van der Waals surface area contributed by atoms with Gasteiger partial charge in [-0.15, -0.1) is 0 Å². The fraction of sp³-hybridized carbons (Fsp3) is 0. The topological polar surface area (TPSA) is 94.8 Å². The molecule has 0 unspecified atom stereocenters. The van der Waals surface area contributed by atoms with Gasteiger partial charge in [0, 0.05) is 0 Å². The molecule has 0 heterocycles. The molecule has 5 nitrogen and oxygen atoms in total. The zero-order valence-corrected chi connectivity index (χ0v) is 10.5. The number of hydrogen-bond acceptors (Lipinski definition) is 4. The minimum absolute atomic E-state index is 0.0367. The molecule has 0 spiro atoms. The first-order chi connectivity index (χ1) is 8.02. The lowest BCUT2D eigenvalue weighted by atomic mass is 10.1. The number of phenolic OH excluding ortho intramolecular Hbond substituents is 2. The third-order valence-corrected chi connectivity index (χ3v) is 3.70. The number of carbonyl (C=O) groups is 1. The van der Waals surface area contributed by atoms with Crippen LogP contribution in [0.2, 0.25) is 0 Å². The Morgan fingerprint density at radius 2 is 1.53 bits per heavy atom. The Hall–Kier alpha value is -1.70. The molecule has 6 heteroatoms. The van der Waals surface area contributed by atoms with Gasteiger partial charge in [0.15, 0.2) is 32.7 Å². The number of halogens is 1. The maximum absolute atomic E-state index is 11.0. The van der Waals surface area contributed by atoms with Gasteiger partial charge >= 0.3 is 5.97 Å². The molecule has 17 heavy (non-hydrogen) atoms. The van der Waals surface area contributed by atoms with E-state index in [0.717, 1.165) is 0 Å². The number of aromatic carboxylic acids is 1. The van der Waals surface area contributed by atoms with E-state index in [1.807, 2.05) is 0 Å². The summed E-state index contributed by atoms with van der Waals surface area (Å²) in [5, 5.41) is 28.6. The second-order valence-corrected chi connectivity index (χ2v) is 5.01. The standard InChI is InChI=1S/C11H7IO5/c13-9-3-5-1-7(11(15)16)8(12-17)2-6(5)4-10(9)14/h1-4,13-14H,(H,15,16). The Balaban J connectivity index is 2.83. The number of carboxylic acids is 1. The smallest absolute Gasteiger partial charge is 0.336 e.